The van der Waals surface area contributed by atoms with Crippen molar-refractivity contribution in [3.8, 4) is 0 Å². The van der Waals surface area contributed by atoms with E-state index in [0.29, 0.717) is 0 Å². The number of aryl methyl sites for hydroxylation is 1. The number of hydrogen-bond acceptors (Lipinski definition) is 2. The molecule has 19 heavy (non-hydrogen) atoms. The molecule has 1 aliphatic heterocycles. The predicted molar refractivity (Wildman–Crippen MR) is 74.8 cm³/mol. The van der Waals surface area contributed by atoms with Gasteiger partial charge < -0.3 is 9.94 Å². The molecule has 0 spiro atoms. The third-order valence-corrected chi connectivity index (χ3v) is 3.91. The molecule has 0 N–H and O–H groups in total. The summed E-state index contributed by atoms with van der Waals surface area (Å²) in [6, 6.07) is 9.75. The molecule has 2 heterocycles. The van der Waals surface area contributed by atoms with Gasteiger partial charge in [0.2, 0.25) is 11.2 Å². The Morgan fingerprint density at radius 1 is 1.21 bits per heavy atom. The average Bonchev–Trinajstić information content (AvgIpc) is 2.72. The molecule has 3 nitrogen and oxygen atoms in total. The van der Waals surface area contributed by atoms with E-state index >= 15 is 0 Å². The maximum atomic E-state index is 12.5. The van der Waals surface area contributed by atoms with Crippen LogP contribution in [-0.4, -0.2) is 6.61 Å². The van der Waals surface area contributed by atoms with Gasteiger partial charge in [0.1, 0.15) is 6.10 Å². The monoisotopic (exact) mass is 257 g/mol. The molecule has 1 unspecified atom stereocenters. The molecule has 3 rings (SSSR count). The molecule has 0 bridgehead atoms. The van der Waals surface area contributed by atoms with Crippen molar-refractivity contribution in [2.24, 2.45) is 0 Å². The molecular formula is C16H19NO2. The Bertz CT molecular complexity index is 587. The first-order valence-electron chi connectivity index (χ1n) is 7.01. The number of benzene rings is 1. The van der Waals surface area contributed by atoms with Crippen molar-refractivity contribution in [2.45, 2.75) is 38.7 Å². The summed E-state index contributed by atoms with van der Waals surface area (Å²) >= 11 is 0. The minimum absolute atomic E-state index is 0.0525. The minimum atomic E-state index is -0.0525. The van der Waals surface area contributed by atoms with Gasteiger partial charge in [0.25, 0.3) is 0 Å². The van der Waals surface area contributed by atoms with Crippen LogP contribution in [0.4, 0.5) is 0 Å². The zero-order valence-electron chi connectivity index (χ0n) is 11.3. The normalized spacial score (nSPS) is 20.4. The fourth-order valence-electron chi connectivity index (χ4n) is 2.86. The van der Waals surface area contributed by atoms with Gasteiger partial charge in [0.15, 0.2) is 0 Å². The zero-order chi connectivity index (χ0) is 13.2. The van der Waals surface area contributed by atoms with Gasteiger partial charge in [-0.2, -0.15) is 4.73 Å². The maximum Gasteiger partial charge on any atom is 0.224 e. The van der Waals surface area contributed by atoms with Crippen LogP contribution in [0, 0.1) is 12.1 Å². The van der Waals surface area contributed by atoms with Crippen molar-refractivity contribution >= 4 is 10.9 Å². The van der Waals surface area contributed by atoms with Crippen molar-refractivity contribution in [2.75, 3.05) is 6.61 Å². The van der Waals surface area contributed by atoms with E-state index in [4.69, 9.17) is 4.74 Å². The average molecular weight is 257 g/mol. The van der Waals surface area contributed by atoms with Crippen LogP contribution < -0.4 is 4.73 Å². The molecule has 0 aliphatic carbocycles. The maximum absolute atomic E-state index is 12.5. The fraction of sp³-hybridized carbons (Fsp3) is 0.438. The molecule has 1 fully saturated rings. The van der Waals surface area contributed by atoms with Gasteiger partial charge in [0.05, 0.1) is 5.39 Å². The first-order valence-corrected chi connectivity index (χ1v) is 7.01. The molecule has 0 amide bonds. The van der Waals surface area contributed by atoms with Gasteiger partial charge in [-0.15, -0.1) is 0 Å². The smallest absolute Gasteiger partial charge is 0.224 e. The van der Waals surface area contributed by atoms with Crippen LogP contribution in [0.1, 0.15) is 43.0 Å². The van der Waals surface area contributed by atoms with Crippen molar-refractivity contribution in [1.82, 2.24) is 0 Å². The number of fused-ring (bicyclic) bond motifs is 1. The van der Waals surface area contributed by atoms with Crippen molar-refractivity contribution in [3.63, 3.8) is 0 Å². The number of hydrogen-bond donors (Lipinski definition) is 0. The Balaban J connectivity index is 2.10. The molecule has 1 aromatic heterocycles. The summed E-state index contributed by atoms with van der Waals surface area (Å²) in [4.78, 5) is 0. The van der Waals surface area contributed by atoms with Crippen LogP contribution in [0.25, 0.3) is 10.9 Å². The Morgan fingerprint density at radius 2 is 2.05 bits per heavy atom. The number of ether oxygens (including phenoxy) is 1. The van der Waals surface area contributed by atoms with E-state index in [1.54, 1.807) is 0 Å². The molecule has 2 aromatic rings. The Morgan fingerprint density at radius 3 is 2.95 bits per heavy atom. The summed E-state index contributed by atoms with van der Waals surface area (Å²) in [7, 11) is 0. The second-order valence-corrected chi connectivity index (χ2v) is 5.27. The largest absolute Gasteiger partial charge is 0.618 e. The summed E-state index contributed by atoms with van der Waals surface area (Å²) in [5.74, 6) is 0. The van der Waals surface area contributed by atoms with Gasteiger partial charge in [-0.3, -0.25) is 0 Å². The molecule has 1 aromatic carbocycles. The lowest BCUT2D eigenvalue weighted by Gasteiger charge is -2.16. The minimum Gasteiger partial charge on any atom is -0.618 e. The summed E-state index contributed by atoms with van der Waals surface area (Å²) < 4.78 is 6.91. The Kier molecular flexibility index (Phi) is 3.38. The standard InChI is InChI=1S/C16H19NO2/c1-12-11-15(16-9-3-2-6-10-19-16)17(18)14-8-5-4-7-13(12)14/h4-5,7-8,11,16H,2-3,6,9-10H2,1H3. The molecule has 0 radical (unpaired) electrons. The lowest BCUT2D eigenvalue weighted by atomic mass is 10.0. The van der Waals surface area contributed by atoms with Gasteiger partial charge >= 0.3 is 0 Å². The van der Waals surface area contributed by atoms with Crippen LogP contribution in [0.2, 0.25) is 0 Å². The topological polar surface area (TPSA) is 36.2 Å². The fourth-order valence-corrected chi connectivity index (χ4v) is 2.86. The second kappa shape index (κ2) is 5.17. The van der Waals surface area contributed by atoms with E-state index in [1.807, 2.05) is 30.3 Å². The summed E-state index contributed by atoms with van der Waals surface area (Å²) in [5, 5.41) is 13.6. The highest BCUT2D eigenvalue weighted by Gasteiger charge is 2.24. The zero-order valence-corrected chi connectivity index (χ0v) is 11.3. The second-order valence-electron chi connectivity index (χ2n) is 5.27. The van der Waals surface area contributed by atoms with Crippen molar-refractivity contribution in [3.05, 3.63) is 46.8 Å². The number of rotatable bonds is 1. The molecule has 1 aliphatic rings. The third kappa shape index (κ3) is 2.30. The first kappa shape index (κ1) is 12.4. The van der Waals surface area contributed by atoms with E-state index in [1.165, 1.54) is 6.42 Å². The third-order valence-electron chi connectivity index (χ3n) is 3.91. The summed E-state index contributed by atoms with van der Waals surface area (Å²) in [5.41, 5.74) is 2.65. The van der Waals surface area contributed by atoms with Crippen LogP contribution in [0.5, 0.6) is 0 Å². The Hall–Kier alpha value is -1.61. The highest BCUT2D eigenvalue weighted by molar-refractivity contribution is 5.79. The van der Waals surface area contributed by atoms with Crippen molar-refractivity contribution in [1.29, 1.82) is 0 Å². The quantitative estimate of drug-likeness (QED) is 0.579. The molecule has 1 saturated heterocycles. The highest BCUT2D eigenvalue weighted by atomic mass is 16.5. The number of para-hydroxylation sites is 1. The van der Waals surface area contributed by atoms with Crippen LogP contribution >= 0.6 is 0 Å². The van der Waals surface area contributed by atoms with Gasteiger partial charge in [-0.1, -0.05) is 25.0 Å². The molecule has 0 saturated carbocycles. The van der Waals surface area contributed by atoms with Gasteiger partial charge in [-0.25, -0.2) is 0 Å². The molecule has 1 atom stereocenters. The van der Waals surface area contributed by atoms with Crippen LogP contribution in [0.3, 0.4) is 0 Å². The summed E-state index contributed by atoms with van der Waals surface area (Å²) in [6.45, 7) is 2.82. The van der Waals surface area contributed by atoms with E-state index in [2.05, 4.69) is 6.92 Å². The molecule has 100 valence electrons. The number of nitrogens with zero attached hydrogens (tertiary/aromatic N) is 1. The lowest BCUT2D eigenvalue weighted by Crippen LogP contribution is -2.35. The van der Waals surface area contributed by atoms with E-state index in [9.17, 15) is 5.21 Å². The molecule has 3 heteroatoms. The summed E-state index contributed by atoms with van der Waals surface area (Å²) in [6.07, 6.45) is 4.32. The first-order chi connectivity index (χ1) is 9.27. The van der Waals surface area contributed by atoms with E-state index in [-0.39, 0.29) is 6.10 Å². The SMILES string of the molecule is Cc1cc(C2CCCCCO2)[n+]([O-])c2ccccc12. The molecular weight excluding hydrogens is 238 g/mol. The van der Waals surface area contributed by atoms with Crippen LogP contribution in [0.15, 0.2) is 30.3 Å². The number of aromatic nitrogens is 1. The Labute approximate surface area is 113 Å². The van der Waals surface area contributed by atoms with E-state index < -0.39 is 0 Å². The van der Waals surface area contributed by atoms with Gasteiger partial charge in [-0.05, 0) is 31.4 Å². The van der Waals surface area contributed by atoms with E-state index in [0.717, 1.165) is 52.8 Å². The van der Waals surface area contributed by atoms with Gasteiger partial charge in [0, 0.05) is 18.7 Å². The predicted octanol–water partition coefficient (Wildman–Crippen LogP) is 3.41. The highest BCUT2D eigenvalue weighted by Crippen LogP contribution is 2.27. The lowest BCUT2D eigenvalue weighted by molar-refractivity contribution is -0.591. The van der Waals surface area contributed by atoms with Crippen molar-refractivity contribution < 1.29 is 9.47 Å². The van der Waals surface area contributed by atoms with Crippen LogP contribution in [-0.2, 0) is 4.74 Å². The number of pyridine rings is 1.